The first-order chi connectivity index (χ1) is 10.8. The number of hydrogen-bond donors (Lipinski definition) is 0. The van der Waals surface area contributed by atoms with Crippen LogP contribution in [0.3, 0.4) is 0 Å². The van der Waals surface area contributed by atoms with Gasteiger partial charge in [0.25, 0.3) is 0 Å². The van der Waals surface area contributed by atoms with Crippen molar-refractivity contribution in [3.05, 3.63) is 54.6 Å². The molecule has 118 valence electrons. The summed E-state index contributed by atoms with van der Waals surface area (Å²) in [4.78, 5) is 2.35. The molecule has 0 aliphatic rings. The summed E-state index contributed by atoms with van der Waals surface area (Å²) in [7, 11) is 0. The predicted molar refractivity (Wildman–Crippen MR) is 94.8 cm³/mol. The number of hydrogen-bond acceptors (Lipinski definition) is 2. The van der Waals surface area contributed by atoms with E-state index in [1.54, 1.807) is 0 Å². The van der Waals surface area contributed by atoms with Crippen LogP contribution >= 0.6 is 11.6 Å². The van der Waals surface area contributed by atoms with Crippen LogP contribution in [0.4, 0.5) is 0 Å². The Balaban J connectivity index is 1.98. The van der Waals surface area contributed by atoms with Crippen LogP contribution in [0.25, 0.3) is 11.1 Å². The van der Waals surface area contributed by atoms with E-state index in [1.165, 1.54) is 5.56 Å². The predicted octanol–water partition coefficient (Wildman–Crippen LogP) is 4.68. The van der Waals surface area contributed by atoms with Crippen molar-refractivity contribution in [3.63, 3.8) is 0 Å². The minimum atomic E-state index is 0.667. The Bertz CT molecular complexity index is 538. The van der Waals surface area contributed by atoms with Crippen LogP contribution in [0.5, 0.6) is 5.75 Å². The maximum absolute atomic E-state index is 6.03. The second kappa shape index (κ2) is 9.50. The Morgan fingerprint density at radius 2 is 1.64 bits per heavy atom. The van der Waals surface area contributed by atoms with Gasteiger partial charge < -0.3 is 4.74 Å². The van der Waals surface area contributed by atoms with Crippen LogP contribution in [0.15, 0.2) is 54.6 Å². The fourth-order valence-electron chi connectivity index (χ4n) is 2.50. The third-order valence-corrected chi connectivity index (χ3v) is 3.75. The van der Waals surface area contributed by atoms with Crippen molar-refractivity contribution in [2.75, 3.05) is 32.1 Å². The summed E-state index contributed by atoms with van der Waals surface area (Å²) in [6, 6.07) is 18.6. The molecule has 2 aromatic carbocycles. The highest BCUT2D eigenvalue weighted by Crippen LogP contribution is 2.29. The highest BCUT2D eigenvalue weighted by Gasteiger charge is 2.07. The minimum absolute atomic E-state index is 0.667. The summed E-state index contributed by atoms with van der Waals surface area (Å²) < 4.78 is 6.03. The molecule has 0 aromatic heterocycles. The summed E-state index contributed by atoms with van der Waals surface area (Å²) in [6.45, 7) is 5.76. The summed E-state index contributed by atoms with van der Waals surface area (Å²) in [5.74, 6) is 1.61. The lowest BCUT2D eigenvalue weighted by Gasteiger charge is -2.21. The molecular formula is C19H24ClNO. The molecule has 0 spiro atoms. The fourth-order valence-corrected chi connectivity index (χ4v) is 2.74. The number of nitrogens with zero attached hydrogens (tertiary/aromatic N) is 1. The van der Waals surface area contributed by atoms with Crippen molar-refractivity contribution < 1.29 is 4.74 Å². The van der Waals surface area contributed by atoms with Gasteiger partial charge in [-0.15, -0.1) is 11.6 Å². The molecule has 0 unspecified atom stereocenters. The van der Waals surface area contributed by atoms with E-state index < -0.39 is 0 Å². The largest absolute Gasteiger partial charge is 0.492 e. The molecule has 0 saturated heterocycles. The lowest BCUT2D eigenvalue weighted by Crippen LogP contribution is -2.31. The van der Waals surface area contributed by atoms with Gasteiger partial charge in [-0.2, -0.15) is 0 Å². The van der Waals surface area contributed by atoms with Crippen LogP contribution in [-0.2, 0) is 0 Å². The topological polar surface area (TPSA) is 12.5 Å². The molecule has 2 rings (SSSR count). The number of ether oxygens (including phenoxy) is 1. The second-order valence-electron chi connectivity index (χ2n) is 5.24. The fraction of sp³-hybridized carbons (Fsp3) is 0.368. The molecule has 0 bridgehead atoms. The molecular weight excluding hydrogens is 294 g/mol. The van der Waals surface area contributed by atoms with E-state index >= 15 is 0 Å². The second-order valence-corrected chi connectivity index (χ2v) is 5.62. The maximum Gasteiger partial charge on any atom is 0.127 e. The zero-order valence-corrected chi connectivity index (χ0v) is 13.9. The average molecular weight is 318 g/mol. The molecule has 0 amide bonds. The zero-order chi connectivity index (χ0) is 15.6. The normalized spacial score (nSPS) is 10.9. The lowest BCUT2D eigenvalue weighted by molar-refractivity contribution is 0.217. The van der Waals surface area contributed by atoms with Crippen LogP contribution in [0.2, 0.25) is 0 Å². The molecule has 22 heavy (non-hydrogen) atoms. The number of benzene rings is 2. The highest BCUT2D eigenvalue weighted by molar-refractivity contribution is 6.18. The lowest BCUT2D eigenvalue weighted by atomic mass is 10.1. The molecule has 2 nitrogen and oxygen atoms in total. The summed E-state index contributed by atoms with van der Waals surface area (Å²) >= 11 is 5.85. The monoisotopic (exact) mass is 317 g/mol. The smallest absolute Gasteiger partial charge is 0.127 e. The van der Waals surface area contributed by atoms with Crippen molar-refractivity contribution in [3.8, 4) is 16.9 Å². The molecule has 0 heterocycles. The van der Waals surface area contributed by atoms with Crippen molar-refractivity contribution in [2.45, 2.75) is 13.3 Å². The highest BCUT2D eigenvalue weighted by atomic mass is 35.5. The number of para-hydroxylation sites is 1. The molecule has 0 saturated carbocycles. The number of halogens is 1. The van der Waals surface area contributed by atoms with E-state index in [0.29, 0.717) is 12.5 Å². The summed E-state index contributed by atoms with van der Waals surface area (Å²) in [5, 5.41) is 0. The Morgan fingerprint density at radius 3 is 2.36 bits per heavy atom. The third kappa shape index (κ3) is 5.04. The quantitative estimate of drug-likeness (QED) is 0.622. The first-order valence-corrected chi connectivity index (χ1v) is 8.44. The molecule has 0 atom stereocenters. The van der Waals surface area contributed by atoms with Crippen LogP contribution in [-0.4, -0.2) is 37.0 Å². The number of alkyl halides is 1. The van der Waals surface area contributed by atoms with E-state index in [4.69, 9.17) is 16.3 Å². The Hall–Kier alpha value is -1.51. The van der Waals surface area contributed by atoms with E-state index in [-0.39, 0.29) is 0 Å². The summed E-state index contributed by atoms with van der Waals surface area (Å²) in [6.07, 6.45) is 1.14. The number of rotatable bonds is 9. The van der Waals surface area contributed by atoms with E-state index in [9.17, 15) is 0 Å². The molecule has 0 N–H and O–H groups in total. The van der Waals surface area contributed by atoms with Crippen molar-refractivity contribution in [1.29, 1.82) is 0 Å². The Labute approximate surface area is 138 Å². The van der Waals surface area contributed by atoms with E-state index in [2.05, 4.69) is 42.2 Å². The maximum atomic E-state index is 6.03. The van der Waals surface area contributed by atoms with Gasteiger partial charge in [-0.25, -0.2) is 0 Å². The first kappa shape index (κ1) is 16.9. The van der Waals surface area contributed by atoms with Crippen LogP contribution < -0.4 is 4.74 Å². The minimum Gasteiger partial charge on any atom is -0.492 e. The summed E-state index contributed by atoms with van der Waals surface area (Å²) in [5.41, 5.74) is 2.33. The van der Waals surface area contributed by atoms with Crippen molar-refractivity contribution in [1.82, 2.24) is 4.90 Å². The van der Waals surface area contributed by atoms with Gasteiger partial charge in [0, 0.05) is 24.5 Å². The third-order valence-electron chi connectivity index (χ3n) is 3.58. The Morgan fingerprint density at radius 1 is 0.909 bits per heavy atom. The van der Waals surface area contributed by atoms with Gasteiger partial charge in [0.2, 0.25) is 0 Å². The first-order valence-electron chi connectivity index (χ1n) is 7.90. The van der Waals surface area contributed by atoms with Gasteiger partial charge in [-0.05, 0) is 24.6 Å². The standard InChI is InChI=1S/C19H24ClNO/c1-2-13-21(14-12-20)15-16-22-19-11-7-6-10-18(19)17-8-4-3-5-9-17/h3-11H,2,12-16H2,1H3. The van der Waals surface area contributed by atoms with Crippen LogP contribution in [0, 0.1) is 0 Å². The SMILES string of the molecule is CCCN(CCCl)CCOc1ccccc1-c1ccccc1. The molecule has 0 fully saturated rings. The van der Waals surface area contributed by atoms with Gasteiger partial charge in [0.1, 0.15) is 12.4 Å². The molecule has 0 aliphatic carbocycles. The van der Waals surface area contributed by atoms with E-state index in [1.807, 2.05) is 24.3 Å². The molecule has 2 aromatic rings. The van der Waals surface area contributed by atoms with E-state index in [0.717, 1.165) is 37.4 Å². The molecule has 0 aliphatic heterocycles. The van der Waals surface area contributed by atoms with Gasteiger partial charge in [0.05, 0.1) is 0 Å². The Kier molecular flexibility index (Phi) is 7.27. The molecule has 0 radical (unpaired) electrons. The van der Waals surface area contributed by atoms with Crippen LogP contribution in [0.1, 0.15) is 13.3 Å². The zero-order valence-electron chi connectivity index (χ0n) is 13.2. The van der Waals surface area contributed by atoms with Gasteiger partial charge >= 0.3 is 0 Å². The molecule has 3 heteroatoms. The van der Waals surface area contributed by atoms with Crippen molar-refractivity contribution in [2.24, 2.45) is 0 Å². The van der Waals surface area contributed by atoms with Gasteiger partial charge in [-0.1, -0.05) is 55.5 Å². The van der Waals surface area contributed by atoms with Gasteiger partial charge in [0.15, 0.2) is 0 Å². The van der Waals surface area contributed by atoms with Gasteiger partial charge in [-0.3, -0.25) is 4.90 Å². The van der Waals surface area contributed by atoms with Crippen molar-refractivity contribution >= 4 is 11.6 Å². The average Bonchev–Trinajstić information content (AvgIpc) is 2.56.